The topological polar surface area (TPSA) is 140 Å². The molecular weight excluding hydrogens is 254 g/mol. The number of halogens is 1. The minimum Gasteiger partial charge on any atom is -0.385 e. The lowest BCUT2D eigenvalue weighted by Crippen LogP contribution is -2.33. The van der Waals surface area contributed by atoms with Gasteiger partial charge < -0.3 is 15.9 Å². The van der Waals surface area contributed by atoms with Crippen molar-refractivity contribution in [2.24, 2.45) is 5.73 Å². The number of aliphatic hydroxyl groups excluding tert-OH is 2. The van der Waals surface area contributed by atoms with Crippen molar-refractivity contribution in [3.8, 4) is 0 Å². The Kier molecular flexibility index (Phi) is 3.94. The number of aromatic nitrogens is 1. The molecule has 17 heavy (non-hydrogen) atoms. The minimum absolute atomic E-state index is 0.132. The quantitative estimate of drug-likeness (QED) is 0.380. The summed E-state index contributed by atoms with van der Waals surface area (Å²) in [4.78, 5) is 23.8. The highest BCUT2D eigenvalue weighted by Crippen LogP contribution is 2.26. The molecule has 0 aliphatic rings. The Morgan fingerprint density at radius 1 is 1.59 bits per heavy atom. The van der Waals surface area contributed by atoms with Gasteiger partial charge in [-0.25, -0.2) is 4.98 Å². The molecule has 0 radical (unpaired) electrons. The van der Waals surface area contributed by atoms with Crippen LogP contribution in [0.2, 0.25) is 5.15 Å². The molecule has 0 fully saturated rings. The molecule has 92 valence electrons. The number of amides is 1. The zero-order valence-electron chi connectivity index (χ0n) is 8.28. The number of pyridine rings is 1. The minimum atomic E-state index is -1.88. The van der Waals surface area contributed by atoms with Gasteiger partial charge in [0.1, 0.15) is 6.10 Å². The van der Waals surface area contributed by atoms with Gasteiger partial charge in [0.25, 0.3) is 0 Å². The summed E-state index contributed by atoms with van der Waals surface area (Å²) in [6, 6.07) is 0.909. The number of hydrogen-bond donors (Lipinski definition) is 3. The summed E-state index contributed by atoms with van der Waals surface area (Å²) in [6.45, 7) is 0. The predicted molar refractivity (Wildman–Crippen MR) is 56.1 cm³/mol. The van der Waals surface area contributed by atoms with Crippen LogP contribution in [0.3, 0.4) is 0 Å². The second-order valence-corrected chi connectivity index (χ2v) is 3.49. The van der Waals surface area contributed by atoms with E-state index in [0.717, 1.165) is 12.3 Å². The fourth-order valence-electron chi connectivity index (χ4n) is 1.08. The molecule has 0 aliphatic carbocycles. The van der Waals surface area contributed by atoms with Crippen LogP contribution in [0.15, 0.2) is 12.3 Å². The Hall–Kier alpha value is -1.77. The van der Waals surface area contributed by atoms with Gasteiger partial charge in [-0.3, -0.25) is 14.9 Å². The van der Waals surface area contributed by atoms with Crippen molar-refractivity contribution in [3.05, 3.63) is 33.1 Å². The van der Waals surface area contributed by atoms with E-state index in [1.165, 1.54) is 0 Å². The van der Waals surface area contributed by atoms with E-state index in [1.54, 1.807) is 0 Å². The van der Waals surface area contributed by atoms with Gasteiger partial charge in [0.2, 0.25) is 11.1 Å². The Morgan fingerprint density at radius 2 is 2.18 bits per heavy atom. The molecule has 1 aromatic rings. The highest BCUT2D eigenvalue weighted by molar-refractivity contribution is 6.31. The van der Waals surface area contributed by atoms with E-state index in [1.807, 2.05) is 0 Å². The molecule has 0 saturated heterocycles. The first-order valence-electron chi connectivity index (χ1n) is 4.30. The smallest absolute Gasteiger partial charge is 0.306 e. The van der Waals surface area contributed by atoms with E-state index in [0.29, 0.717) is 0 Å². The molecule has 0 bridgehead atoms. The van der Waals surface area contributed by atoms with Crippen LogP contribution in [0.1, 0.15) is 11.7 Å². The highest BCUT2D eigenvalue weighted by atomic mass is 35.5. The first kappa shape index (κ1) is 13.3. The normalized spacial score (nSPS) is 14.1. The largest absolute Gasteiger partial charge is 0.385 e. The molecule has 0 aliphatic heterocycles. The third-order valence-corrected chi connectivity index (χ3v) is 2.26. The van der Waals surface area contributed by atoms with Crippen molar-refractivity contribution < 1.29 is 19.9 Å². The highest BCUT2D eigenvalue weighted by Gasteiger charge is 2.26. The Morgan fingerprint density at radius 3 is 2.65 bits per heavy atom. The molecule has 0 aromatic carbocycles. The van der Waals surface area contributed by atoms with E-state index in [-0.39, 0.29) is 10.7 Å². The van der Waals surface area contributed by atoms with Crippen LogP contribution >= 0.6 is 11.6 Å². The summed E-state index contributed by atoms with van der Waals surface area (Å²) < 4.78 is 0. The number of rotatable bonds is 4. The molecular formula is C8H8ClN3O5. The van der Waals surface area contributed by atoms with Gasteiger partial charge in [-0.15, -0.1) is 0 Å². The van der Waals surface area contributed by atoms with E-state index < -0.39 is 28.7 Å². The zero-order chi connectivity index (χ0) is 13.2. The summed E-state index contributed by atoms with van der Waals surface area (Å²) in [5.74, 6) is -1.16. The summed E-state index contributed by atoms with van der Waals surface area (Å²) in [5.41, 5.74) is 4.10. The molecule has 8 nitrogen and oxygen atoms in total. The SMILES string of the molecule is NC(=O)C(O)C(O)c1cnc(Cl)c([N+](=O)[O-])c1. The Labute approximate surface area is 99.8 Å². The molecule has 2 atom stereocenters. The van der Waals surface area contributed by atoms with Crippen LogP contribution in [0, 0.1) is 10.1 Å². The van der Waals surface area contributed by atoms with E-state index >= 15 is 0 Å². The number of carbonyl (C=O) groups excluding carboxylic acids is 1. The zero-order valence-corrected chi connectivity index (χ0v) is 9.03. The van der Waals surface area contributed by atoms with Crippen LogP contribution in [0.25, 0.3) is 0 Å². The van der Waals surface area contributed by atoms with Crippen molar-refractivity contribution in [1.29, 1.82) is 0 Å². The van der Waals surface area contributed by atoms with Gasteiger partial charge in [-0.2, -0.15) is 0 Å². The summed E-state index contributed by atoms with van der Waals surface area (Å²) in [6.07, 6.45) is -2.57. The van der Waals surface area contributed by atoms with Gasteiger partial charge in [-0.1, -0.05) is 11.6 Å². The summed E-state index contributed by atoms with van der Waals surface area (Å²) in [7, 11) is 0. The number of aliphatic hydroxyl groups is 2. The molecule has 0 spiro atoms. The Bertz CT molecular complexity index is 466. The standard InChI is InChI=1S/C8H8ClN3O5/c9-7-4(12(16)17)1-3(2-11-7)5(13)6(14)8(10)15/h1-2,5-6,13-14H,(H2,10,15). The van der Waals surface area contributed by atoms with E-state index in [4.69, 9.17) is 17.3 Å². The number of nitro groups is 1. The van der Waals surface area contributed by atoms with E-state index in [2.05, 4.69) is 4.98 Å². The first-order chi connectivity index (χ1) is 7.84. The number of hydrogen-bond acceptors (Lipinski definition) is 6. The first-order valence-corrected chi connectivity index (χ1v) is 4.67. The monoisotopic (exact) mass is 261 g/mol. The molecule has 0 saturated carbocycles. The van der Waals surface area contributed by atoms with Crippen LogP contribution in [-0.4, -0.2) is 32.1 Å². The lowest BCUT2D eigenvalue weighted by atomic mass is 10.1. The van der Waals surface area contributed by atoms with Crippen molar-refractivity contribution in [1.82, 2.24) is 4.98 Å². The van der Waals surface area contributed by atoms with Gasteiger partial charge in [0.15, 0.2) is 6.10 Å². The summed E-state index contributed by atoms with van der Waals surface area (Å²) >= 11 is 5.45. The Balaban J connectivity index is 3.11. The van der Waals surface area contributed by atoms with Gasteiger partial charge in [-0.05, 0) is 0 Å². The molecule has 1 rings (SSSR count). The lowest BCUT2D eigenvalue weighted by molar-refractivity contribution is -0.385. The van der Waals surface area contributed by atoms with Gasteiger partial charge in [0, 0.05) is 17.8 Å². The fraction of sp³-hybridized carbons (Fsp3) is 0.250. The number of primary amides is 1. The van der Waals surface area contributed by atoms with E-state index in [9.17, 15) is 25.1 Å². The predicted octanol–water partition coefficient (Wildman–Crippen LogP) is -0.477. The third-order valence-electron chi connectivity index (χ3n) is 1.97. The van der Waals surface area contributed by atoms with Gasteiger partial charge in [0.05, 0.1) is 4.92 Å². The third kappa shape index (κ3) is 2.87. The number of carbonyl (C=O) groups is 1. The van der Waals surface area contributed by atoms with Crippen molar-refractivity contribution in [2.45, 2.75) is 12.2 Å². The molecule has 1 aromatic heterocycles. The van der Waals surface area contributed by atoms with Gasteiger partial charge >= 0.3 is 5.69 Å². The molecule has 4 N–H and O–H groups in total. The maximum Gasteiger partial charge on any atom is 0.306 e. The maximum atomic E-state index is 10.6. The number of nitrogens with two attached hydrogens (primary N) is 1. The summed E-state index contributed by atoms with van der Waals surface area (Å²) in [5, 5.41) is 28.9. The van der Waals surface area contributed by atoms with Crippen LogP contribution in [-0.2, 0) is 4.79 Å². The fourth-order valence-corrected chi connectivity index (χ4v) is 1.25. The maximum absolute atomic E-state index is 10.6. The molecule has 1 heterocycles. The molecule has 2 unspecified atom stereocenters. The molecule has 1 amide bonds. The van der Waals surface area contributed by atoms with Crippen LogP contribution < -0.4 is 5.73 Å². The van der Waals surface area contributed by atoms with Crippen molar-refractivity contribution in [3.63, 3.8) is 0 Å². The average Bonchev–Trinajstić information content (AvgIpc) is 2.27. The van der Waals surface area contributed by atoms with Crippen LogP contribution in [0.5, 0.6) is 0 Å². The van der Waals surface area contributed by atoms with Crippen molar-refractivity contribution in [2.75, 3.05) is 0 Å². The second kappa shape index (κ2) is 5.04. The lowest BCUT2D eigenvalue weighted by Gasteiger charge is -2.14. The van der Waals surface area contributed by atoms with Crippen molar-refractivity contribution >= 4 is 23.2 Å². The average molecular weight is 262 g/mol. The molecule has 9 heteroatoms. The van der Waals surface area contributed by atoms with Crippen LogP contribution in [0.4, 0.5) is 5.69 Å². The second-order valence-electron chi connectivity index (χ2n) is 3.13. The number of nitrogens with zero attached hydrogens (tertiary/aromatic N) is 2.